The van der Waals surface area contributed by atoms with Crippen LogP contribution >= 0.6 is 11.8 Å². The fraction of sp³-hybridized carbons (Fsp3) is 0.769. The number of carbonyl (C=O) groups excluding carboxylic acids is 1. The Kier molecular flexibility index (Phi) is 4.05. The van der Waals surface area contributed by atoms with E-state index in [1.54, 1.807) is 0 Å². The van der Waals surface area contributed by atoms with Gasteiger partial charge in [0.15, 0.2) is 5.12 Å². The predicted octanol–water partition coefficient (Wildman–Crippen LogP) is 4.04. The zero-order valence-corrected chi connectivity index (χ0v) is 11.3. The van der Waals surface area contributed by atoms with Crippen LogP contribution in [0.25, 0.3) is 0 Å². The van der Waals surface area contributed by atoms with Gasteiger partial charge in [-0.15, -0.1) is 0 Å². The lowest BCUT2D eigenvalue weighted by Crippen LogP contribution is -2.22. The van der Waals surface area contributed by atoms with E-state index in [0.29, 0.717) is 16.3 Å². The van der Waals surface area contributed by atoms with E-state index >= 15 is 0 Å². The molecule has 0 fully saturated rings. The van der Waals surface area contributed by atoms with Gasteiger partial charge >= 0.3 is 0 Å². The minimum absolute atomic E-state index is 0.215. The van der Waals surface area contributed by atoms with E-state index in [2.05, 4.69) is 40.7 Å². The fourth-order valence-corrected chi connectivity index (χ4v) is 2.87. The van der Waals surface area contributed by atoms with Crippen molar-refractivity contribution in [3.8, 4) is 0 Å². The third kappa shape index (κ3) is 3.10. The summed E-state index contributed by atoms with van der Waals surface area (Å²) < 4.78 is 0. The third-order valence-electron chi connectivity index (χ3n) is 3.53. The Morgan fingerprint density at radius 1 is 1.60 bits per heavy atom. The summed E-state index contributed by atoms with van der Waals surface area (Å²) in [6.07, 6.45) is 4.09. The summed E-state index contributed by atoms with van der Waals surface area (Å²) in [5.74, 6) is 0.510. The maximum absolute atomic E-state index is 11.7. The van der Waals surface area contributed by atoms with E-state index in [9.17, 15) is 4.79 Å². The van der Waals surface area contributed by atoms with Crippen LogP contribution in [0, 0.1) is 11.3 Å². The Morgan fingerprint density at radius 2 is 2.20 bits per heavy atom. The van der Waals surface area contributed by atoms with Gasteiger partial charge in [0.25, 0.3) is 0 Å². The Labute approximate surface area is 97.7 Å². The fourth-order valence-electron chi connectivity index (χ4n) is 2.05. The lowest BCUT2D eigenvalue weighted by atomic mass is 9.76. The zero-order chi connectivity index (χ0) is 11.6. The van der Waals surface area contributed by atoms with Crippen molar-refractivity contribution >= 4 is 16.9 Å². The zero-order valence-electron chi connectivity index (χ0n) is 10.5. The summed E-state index contributed by atoms with van der Waals surface area (Å²) in [6, 6.07) is 0. The van der Waals surface area contributed by atoms with Crippen molar-refractivity contribution in [3.05, 3.63) is 11.6 Å². The van der Waals surface area contributed by atoms with Crippen LogP contribution in [0.2, 0.25) is 0 Å². The molecule has 2 heteroatoms. The van der Waals surface area contributed by atoms with Gasteiger partial charge in [-0.1, -0.05) is 51.1 Å². The molecule has 1 nitrogen and oxygen atoms in total. The van der Waals surface area contributed by atoms with Crippen LogP contribution in [0.15, 0.2) is 11.6 Å². The van der Waals surface area contributed by atoms with E-state index < -0.39 is 0 Å². The van der Waals surface area contributed by atoms with Crippen LogP contribution in [0.4, 0.5) is 0 Å². The Morgan fingerprint density at radius 3 is 2.60 bits per heavy atom. The minimum atomic E-state index is 0.215. The molecule has 0 saturated heterocycles. The molecule has 0 bridgehead atoms. The van der Waals surface area contributed by atoms with E-state index in [-0.39, 0.29) is 5.41 Å². The van der Waals surface area contributed by atoms with Crippen molar-refractivity contribution < 1.29 is 4.79 Å². The lowest BCUT2D eigenvalue weighted by Gasteiger charge is -2.29. The van der Waals surface area contributed by atoms with Gasteiger partial charge in [-0.05, 0) is 24.7 Å². The quantitative estimate of drug-likeness (QED) is 0.676. The number of allylic oxidation sites excluding steroid dienone is 2. The summed E-state index contributed by atoms with van der Waals surface area (Å²) in [7, 11) is 0. The van der Waals surface area contributed by atoms with Crippen LogP contribution in [0.5, 0.6) is 0 Å². The summed E-state index contributed by atoms with van der Waals surface area (Å²) in [6.45, 7) is 10.8. The molecule has 0 aromatic carbocycles. The molecular weight excluding hydrogens is 204 g/mol. The summed E-state index contributed by atoms with van der Waals surface area (Å²) in [5.41, 5.74) is 1.66. The molecule has 0 heterocycles. The predicted molar refractivity (Wildman–Crippen MR) is 68.0 cm³/mol. The molecule has 1 aliphatic rings. The molecule has 1 aliphatic carbocycles. The van der Waals surface area contributed by atoms with Crippen LogP contribution in [0.1, 0.15) is 47.5 Å². The molecule has 0 saturated carbocycles. The van der Waals surface area contributed by atoms with E-state index in [1.807, 2.05) is 0 Å². The van der Waals surface area contributed by atoms with Crippen LogP contribution in [-0.2, 0) is 4.79 Å². The molecule has 0 N–H and O–H groups in total. The van der Waals surface area contributed by atoms with E-state index in [1.165, 1.54) is 17.3 Å². The Balaban J connectivity index is 2.51. The molecule has 0 unspecified atom stereocenters. The second-order valence-corrected chi connectivity index (χ2v) is 6.92. The second kappa shape index (κ2) is 4.73. The summed E-state index contributed by atoms with van der Waals surface area (Å²) in [5, 5.41) is 0.766. The number of rotatable bonds is 3. The lowest BCUT2D eigenvalue weighted by molar-refractivity contribution is -0.112. The summed E-state index contributed by atoms with van der Waals surface area (Å²) >= 11 is 1.48. The van der Waals surface area contributed by atoms with Crippen molar-refractivity contribution in [3.63, 3.8) is 0 Å². The van der Waals surface area contributed by atoms with Gasteiger partial charge < -0.3 is 0 Å². The molecule has 1 atom stereocenters. The maximum Gasteiger partial charge on any atom is 0.189 e. The van der Waals surface area contributed by atoms with Gasteiger partial charge in [-0.3, -0.25) is 4.79 Å². The highest BCUT2D eigenvalue weighted by Crippen LogP contribution is 2.45. The average molecular weight is 226 g/mol. The van der Waals surface area contributed by atoms with E-state index in [4.69, 9.17) is 0 Å². The van der Waals surface area contributed by atoms with Crippen LogP contribution in [0.3, 0.4) is 0 Å². The van der Waals surface area contributed by atoms with Gasteiger partial charge in [0.1, 0.15) is 0 Å². The number of thioether (sulfide) groups is 1. The van der Waals surface area contributed by atoms with Gasteiger partial charge in [0.05, 0.1) is 0 Å². The number of hydrogen-bond acceptors (Lipinski definition) is 2. The third-order valence-corrected chi connectivity index (χ3v) is 4.43. The highest BCUT2D eigenvalue weighted by Gasteiger charge is 2.35. The minimum Gasteiger partial charge on any atom is -0.287 e. The normalized spacial score (nSPS) is 24.4. The van der Waals surface area contributed by atoms with Crippen molar-refractivity contribution in [2.45, 2.75) is 52.7 Å². The van der Waals surface area contributed by atoms with Gasteiger partial charge in [0, 0.05) is 11.7 Å². The molecule has 1 rings (SSSR count). The average Bonchev–Trinajstić information content (AvgIpc) is 2.30. The first-order chi connectivity index (χ1) is 6.84. The first-order valence-corrected chi connectivity index (χ1v) is 6.58. The molecule has 0 spiro atoms. The monoisotopic (exact) mass is 226 g/mol. The number of carbonyl (C=O) groups is 1. The highest BCUT2D eigenvalue weighted by molar-refractivity contribution is 8.14. The standard InChI is InChI=1S/C13H22OS/c1-9(2)15-12(14)8-11-7-6-10(3)13(11,4)5/h6,9,11H,7-8H2,1-5H3/t11-/m0/s1. The molecule has 0 aromatic heterocycles. The summed E-state index contributed by atoms with van der Waals surface area (Å²) in [4.78, 5) is 11.7. The largest absolute Gasteiger partial charge is 0.287 e. The van der Waals surface area contributed by atoms with E-state index in [0.717, 1.165) is 12.8 Å². The second-order valence-electron chi connectivity index (χ2n) is 5.28. The first kappa shape index (κ1) is 12.8. The number of hydrogen-bond donors (Lipinski definition) is 0. The van der Waals surface area contributed by atoms with Crippen molar-refractivity contribution in [1.29, 1.82) is 0 Å². The van der Waals surface area contributed by atoms with Crippen molar-refractivity contribution in [1.82, 2.24) is 0 Å². The van der Waals surface area contributed by atoms with Crippen LogP contribution in [-0.4, -0.2) is 10.4 Å². The highest BCUT2D eigenvalue weighted by atomic mass is 32.2. The molecule has 15 heavy (non-hydrogen) atoms. The molecule has 0 radical (unpaired) electrons. The van der Waals surface area contributed by atoms with Crippen molar-refractivity contribution in [2.75, 3.05) is 0 Å². The molecular formula is C13H22OS. The van der Waals surface area contributed by atoms with Gasteiger partial charge in [-0.2, -0.15) is 0 Å². The molecule has 0 aromatic rings. The smallest absolute Gasteiger partial charge is 0.189 e. The Bertz CT molecular complexity index is 276. The van der Waals surface area contributed by atoms with Crippen LogP contribution < -0.4 is 0 Å². The topological polar surface area (TPSA) is 17.1 Å². The maximum atomic E-state index is 11.7. The van der Waals surface area contributed by atoms with Crippen molar-refractivity contribution in [2.24, 2.45) is 11.3 Å². The molecule has 0 aliphatic heterocycles. The molecule has 86 valence electrons. The van der Waals surface area contributed by atoms with Gasteiger partial charge in [-0.25, -0.2) is 0 Å². The van der Waals surface area contributed by atoms with Gasteiger partial charge in [0.2, 0.25) is 0 Å². The first-order valence-electron chi connectivity index (χ1n) is 5.70. The Hall–Kier alpha value is -0.240. The molecule has 0 amide bonds. The SMILES string of the molecule is CC1=CC[C@@H](CC(=O)SC(C)C)C1(C)C.